The molecule has 9 heteroatoms. The van der Waals surface area contributed by atoms with Crippen LogP contribution in [0, 0.1) is 0 Å². The summed E-state index contributed by atoms with van der Waals surface area (Å²) in [4.78, 5) is 12.1. The lowest BCUT2D eigenvalue weighted by atomic mass is 10.1. The van der Waals surface area contributed by atoms with Gasteiger partial charge in [0.2, 0.25) is 0 Å². The van der Waals surface area contributed by atoms with Gasteiger partial charge in [0.25, 0.3) is 0 Å². The van der Waals surface area contributed by atoms with Gasteiger partial charge in [-0.1, -0.05) is 23.7 Å². The molecule has 0 saturated heterocycles. The minimum absolute atomic E-state index is 0.125. The molecule has 0 spiro atoms. The van der Waals surface area contributed by atoms with Crippen molar-refractivity contribution in [3.05, 3.63) is 53.1 Å². The van der Waals surface area contributed by atoms with E-state index in [-0.39, 0.29) is 23.2 Å². The normalized spacial score (nSPS) is 12.2. The number of carbonyl (C=O) groups is 1. The van der Waals surface area contributed by atoms with Gasteiger partial charge in [-0.15, -0.1) is 0 Å². The summed E-state index contributed by atoms with van der Waals surface area (Å²) in [5, 5.41) is 5.86. The smallest absolute Gasteiger partial charge is 0.422 e. The van der Waals surface area contributed by atoms with E-state index < -0.39 is 18.8 Å². The Morgan fingerprint density at radius 1 is 1.15 bits per heavy atom. The number of hydrogen-bond donors (Lipinski definition) is 2. The molecule has 2 rings (SSSR count). The zero-order chi connectivity index (χ0) is 20.0. The first-order chi connectivity index (χ1) is 12.7. The molecule has 146 valence electrons. The molecule has 2 aromatic carbocycles. The first-order valence-corrected chi connectivity index (χ1v) is 8.26. The molecule has 0 saturated carbocycles. The van der Waals surface area contributed by atoms with E-state index in [9.17, 15) is 18.0 Å². The number of carbonyl (C=O) groups excluding carboxylic acids is 1. The van der Waals surface area contributed by atoms with Gasteiger partial charge in [-0.25, -0.2) is 4.79 Å². The van der Waals surface area contributed by atoms with Crippen LogP contribution in [-0.4, -0.2) is 25.9 Å². The van der Waals surface area contributed by atoms with Crippen molar-refractivity contribution >= 4 is 23.3 Å². The number of hydrogen-bond acceptors (Lipinski definition) is 3. The Balaban J connectivity index is 2.02. The molecular weight excluding hydrogens is 385 g/mol. The largest absolute Gasteiger partial charge is 0.493 e. The monoisotopic (exact) mass is 402 g/mol. The lowest BCUT2D eigenvalue weighted by Gasteiger charge is -2.17. The maximum absolute atomic E-state index is 12.4. The molecule has 0 aliphatic carbocycles. The number of benzene rings is 2. The first-order valence-electron chi connectivity index (χ1n) is 7.88. The van der Waals surface area contributed by atoms with Gasteiger partial charge in [0, 0.05) is 16.8 Å². The maximum atomic E-state index is 12.4. The molecule has 0 aliphatic heterocycles. The van der Waals surface area contributed by atoms with Gasteiger partial charge in [-0.05, 0) is 36.8 Å². The fourth-order valence-electron chi connectivity index (χ4n) is 2.23. The molecule has 0 bridgehead atoms. The van der Waals surface area contributed by atoms with E-state index in [1.807, 2.05) is 0 Å². The molecule has 0 aliphatic rings. The first kappa shape index (κ1) is 20.7. The third-order valence-electron chi connectivity index (χ3n) is 3.53. The van der Waals surface area contributed by atoms with Crippen LogP contribution in [0.5, 0.6) is 11.5 Å². The van der Waals surface area contributed by atoms with Crippen LogP contribution in [0.2, 0.25) is 5.02 Å². The molecule has 2 aromatic rings. The molecule has 0 fully saturated rings. The summed E-state index contributed by atoms with van der Waals surface area (Å²) >= 11 is 5.83. The van der Waals surface area contributed by atoms with E-state index >= 15 is 0 Å². The Kier molecular flexibility index (Phi) is 6.79. The lowest BCUT2D eigenvalue weighted by molar-refractivity contribution is -0.153. The van der Waals surface area contributed by atoms with E-state index in [1.54, 1.807) is 31.2 Å². The fourth-order valence-corrected chi connectivity index (χ4v) is 2.35. The Hall–Kier alpha value is -2.61. The van der Waals surface area contributed by atoms with Crippen molar-refractivity contribution in [2.24, 2.45) is 0 Å². The minimum atomic E-state index is -4.49. The summed E-state index contributed by atoms with van der Waals surface area (Å²) in [5.41, 5.74) is 1.10. The standard InChI is InChI=1S/C18H18ClF3N2O3/c1-11(12-3-5-13(19)6-4-12)23-17(25)24-14-7-8-15(26-2)16(9-14)27-10-18(20,21)22/h3-9,11H,10H2,1-2H3,(H2,23,24,25). The van der Waals surface area contributed by atoms with Gasteiger partial charge in [0.05, 0.1) is 13.2 Å². The van der Waals surface area contributed by atoms with Crippen molar-refractivity contribution in [1.82, 2.24) is 5.32 Å². The minimum Gasteiger partial charge on any atom is -0.493 e. The topological polar surface area (TPSA) is 59.6 Å². The fraction of sp³-hybridized carbons (Fsp3) is 0.278. The number of nitrogens with one attached hydrogen (secondary N) is 2. The van der Waals surface area contributed by atoms with E-state index in [2.05, 4.69) is 10.6 Å². The SMILES string of the molecule is COc1ccc(NC(=O)NC(C)c2ccc(Cl)cc2)cc1OCC(F)(F)F. The van der Waals surface area contributed by atoms with Crippen molar-refractivity contribution in [1.29, 1.82) is 0 Å². The molecule has 2 N–H and O–H groups in total. The Morgan fingerprint density at radius 3 is 2.41 bits per heavy atom. The highest BCUT2D eigenvalue weighted by Crippen LogP contribution is 2.31. The lowest BCUT2D eigenvalue weighted by Crippen LogP contribution is -2.31. The van der Waals surface area contributed by atoms with Crippen LogP contribution in [0.15, 0.2) is 42.5 Å². The Morgan fingerprint density at radius 2 is 1.81 bits per heavy atom. The van der Waals surface area contributed by atoms with Crippen LogP contribution in [0.1, 0.15) is 18.5 Å². The molecule has 1 unspecified atom stereocenters. The Bertz CT molecular complexity index is 782. The van der Waals surface area contributed by atoms with Crippen molar-refractivity contribution in [3.8, 4) is 11.5 Å². The number of amides is 2. The number of rotatable bonds is 6. The molecular formula is C18H18ClF3N2O3. The summed E-state index contributed by atoms with van der Waals surface area (Å²) in [6, 6.07) is 10.3. The third kappa shape index (κ3) is 6.56. The van der Waals surface area contributed by atoms with Crippen LogP contribution in [-0.2, 0) is 0 Å². The van der Waals surface area contributed by atoms with Crippen LogP contribution in [0.25, 0.3) is 0 Å². The summed E-state index contributed by atoms with van der Waals surface area (Å²) in [7, 11) is 1.31. The number of ether oxygens (including phenoxy) is 2. The zero-order valence-electron chi connectivity index (χ0n) is 14.6. The van der Waals surface area contributed by atoms with Crippen LogP contribution in [0.4, 0.5) is 23.7 Å². The van der Waals surface area contributed by atoms with Crippen LogP contribution in [0.3, 0.4) is 0 Å². The van der Waals surface area contributed by atoms with Gasteiger partial charge < -0.3 is 20.1 Å². The second-order valence-corrected chi connectivity index (χ2v) is 6.08. The summed E-state index contributed by atoms with van der Waals surface area (Å²) in [6.45, 7) is 0.321. The number of alkyl halides is 3. The number of methoxy groups -OCH3 is 1. The Labute approximate surface area is 159 Å². The highest BCUT2D eigenvalue weighted by molar-refractivity contribution is 6.30. The van der Waals surface area contributed by atoms with Gasteiger partial charge in [-0.2, -0.15) is 13.2 Å². The molecule has 27 heavy (non-hydrogen) atoms. The zero-order valence-corrected chi connectivity index (χ0v) is 15.3. The number of halogens is 4. The number of urea groups is 1. The third-order valence-corrected chi connectivity index (χ3v) is 3.78. The molecule has 0 radical (unpaired) electrons. The summed E-state index contributed by atoms with van der Waals surface area (Å²) in [6.07, 6.45) is -4.49. The molecule has 0 aromatic heterocycles. The highest BCUT2D eigenvalue weighted by atomic mass is 35.5. The number of anilines is 1. The van der Waals surface area contributed by atoms with E-state index in [0.717, 1.165) is 5.56 Å². The second-order valence-electron chi connectivity index (χ2n) is 5.64. The molecule has 1 atom stereocenters. The maximum Gasteiger partial charge on any atom is 0.422 e. The van der Waals surface area contributed by atoms with Gasteiger partial charge >= 0.3 is 12.2 Å². The van der Waals surface area contributed by atoms with Crippen LogP contribution >= 0.6 is 11.6 Å². The van der Waals surface area contributed by atoms with Gasteiger partial charge in [-0.3, -0.25) is 0 Å². The van der Waals surface area contributed by atoms with E-state index in [1.165, 1.54) is 25.3 Å². The second kappa shape index (κ2) is 8.85. The predicted molar refractivity (Wildman–Crippen MR) is 96.6 cm³/mol. The molecule has 5 nitrogen and oxygen atoms in total. The van der Waals surface area contributed by atoms with Crippen molar-refractivity contribution in [2.45, 2.75) is 19.1 Å². The van der Waals surface area contributed by atoms with Crippen LogP contribution < -0.4 is 20.1 Å². The van der Waals surface area contributed by atoms with E-state index in [0.29, 0.717) is 5.02 Å². The molecule has 2 amide bonds. The predicted octanol–water partition coefficient (Wildman–Crippen LogP) is 5.17. The van der Waals surface area contributed by atoms with Crippen molar-refractivity contribution < 1.29 is 27.4 Å². The average Bonchev–Trinajstić information content (AvgIpc) is 2.60. The van der Waals surface area contributed by atoms with Crippen molar-refractivity contribution in [3.63, 3.8) is 0 Å². The van der Waals surface area contributed by atoms with Crippen molar-refractivity contribution in [2.75, 3.05) is 19.0 Å². The molecule has 0 heterocycles. The summed E-state index contributed by atoms with van der Waals surface area (Å²) in [5.74, 6) is -0.00175. The van der Waals surface area contributed by atoms with Gasteiger partial charge in [0.15, 0.2) is 18.1 Å². The van der Waals surface area contributed by atoms with E-state index in [4.69, 9.17) is 21.1 Å². The quantitative estimate of drug-likeness (QED) is 0.700. The average molecular weight is 403 g/mol. The highest BCUT2D eigenvalue weighted by Gasteiger charge is 2.29. The van der Waals surface area contributed by atoms with Gasteiger partial charge in [0.1, 0.15) is 0 Å². The summed E-state index contributed by atoms with van der Waals surface area (Å²) < 4.78 is 46.8.